The summed E-state index contributed by atoms with van der Waals surface area (Å²) in [5, 5.41) is 7.59. The molecule has 0 amide bonds. The number of nitrogens with one attached hydrogen (secondary N) is 1. The quantitative estimate of drug-likeness (QED) is 0.840. The Bertz CT molecular complexity index is 490. The highest BCUT2D eigenvalue weighted by atomic mass is 32.1. The number of aromatic nitrogens is 3. The summed E-state index contributed by atoms with van der Waals surface area (Å²) in [6, 6.07) is 0.553. The van der Waals surface area contributed by atoms with Gasteiger partial charge in [0.25, 0.3) is 0 Å². The van der Waals surface area contributed by atoms with Crippen molar-refractivity contribution in [2.75, 3.05) is 18.0 Å². The smallest absolute Gasteiger partial charge is 0.225 e. The maximum Gasteiger partial charge on any atom is 0.225 e. The van der Waals surface area contributed by atoms with Gasteiger partial charge in [0, 0.05) is 19.1 Å². The van der Waals surface area contributed by atoms with E-state index in [0.29, 0.717) is 6.04 Å². The van der Waals surface area contributed by atoms with Crippen molar-refractivity contribution in [3.63, 3.8) is 0 Å². The van der Waals surface area contributed by atoms with E-state index >= 15 is 0 Å². The van der Waals surface area contributed by atoms with E-state index in [1.165, 1.54) is 38.5 Å². The molecule has 0 aromatic carbocycles. The minimum atomic E-state index is 0.553. The third kappa shape index (κ3) is 2.78. The highest BCUT2D eigenvalue weighted by Gasteiger charge is 2.28. The van der Waals surface area contributed by atoms with Gasteiger partial charge in [0.2, 0.25) is 5.95 Å². The number of H-pyrrole nitrogens is 1. The summed E-state index contributed by atoms with van der Waals surface area (Å²) in [6.07, 6.45) is 7.84. The molecule has 5 heteroatoms. The van der Waals surface area contributed by atoms with Crippen LogP contribution in [-0.4, -0.2) is 27.9 Å². The van der Waals surface area contributed by atoms with E-state index in [1.807, 2.05) is 0 Å². The number of nitrogens with zero attached hydrogens (tertiary/aromatic N) is 3. The molecule has 1 aromatic rings. The Morgan fingerprint density at radius 1 is 1.10 bits per heavy atom. The fourth-order valence-corrected chi connectivity index (χ4v) is 4.29. The number of piperidine rings is 1. The highest BCUT2D eigenvalue weighted by Crippen LogP contribution is 2.33. The Labute approximate surface area is 126 Å². The van der Waals surface area contributed by atoms with Crippen molar-refractivity contribution in [2.45, 2.75) is 58.4 Å². The second-order valence-corrected chi connectivity index (χ2v) is 7.23. The molecule has 20 heavy (non-hydrogen) atoms. The van der Waals surface area contributed by atoms with E-state index in [4.69, 9.17) is 12.2 Å². The largest absolute Gasteiger partial charge is 0.340 e. The summed E-state index contributed by atoms with van der Waals surface area (Å²) in [6.45, 7) is 6.90. The van der Waals surface area contributed by atoms with Crippen LogP contribution in [0.15, 0.2) is 0 Å². The van der Waals surface area contributed by atoms with Gasteiger partial charge in [0.15, 0.2) is 4.77 Å². The SMILES string of the molecule is CC1CC(C)CN(c2n[nH]c(=S)n2C2CCCCC2)C1. The Morgan fingerprint density at radius 3 is 2.40 bits per heavy atom. The van der Waals surface area contributed by atoms with E-state index in [9.17, 15) is 0 Å². The van der Waals surface area contributed by atoms with Gasteiger partial charge in [-0.05, 0) is 43.3 Å². The number of hydrogen-bond donors (Lipinski definition) is 1. The molecule has 2 unspecified atom stereocenters. The van der Waals surface area contributed by atoms with Gasteiger partial charge in [0.05, 0.1) is 0 Å². The van der Waals surface area contributed by atoms with Crippen molar-refractivity contribution >= 4 is 18.2 Å². The van der Waals surface area contributed by atoms with Gasteiger partial charge < -0.3 is 4.90 Å². The Morgan fingerprint density at radius 2 is 1.75 bits per heavy atom. The molecular formula is C15H26N4S. The summed E-state index contributed by atoms with van der Waals surface area (Å²) in [7, 11) is 0. The predicted octanol–water partition coefficient (Wildman–Crippen LogP) is 3.93. The van der Waals surface area contributed by atoms with Gasteiger partial charge in [-0.25, -0.2) is 5.10 Å². The molecule has 0 radical (unpaired) electrons. The fraction of sp³-hybridized carbons (Fsp3) is 0.867. The summed E-state index contributed by atoms with van der Waals surface area (Å²) in [4.78, 5) is 2.44. The van der Waals surface area contributed by atoms with Crippen LogP contribution in [-0.2, 0) is 0 Å². The average molecular weight is 294 g/mol. The second kappa shape index (κ2) is 5.88. The summed E-state index contributed by atoms with van der Waals surface area (Å²) >= 11 is 5.50. The maximum absolute atomic E-state index is 5.50. The Balaban J connectivity index is 1.87. The third-order valence-corrected chi connectivity index (χ3v) is 5.07. The Hall–Kier alpha value is -0.840. The van der Waals surface area contributed by atoms with Gasteiger partial charge in [-0.3, -0.25) is 4.57 Å². The molecule has 3 rings (SSSR count). The Kier molecular flexibility index (Phi) is 4.15. The third-order valence-electron chi connectivity index (χ3n) is 4.78. The van der Waals surface area contributed by atoms with Crippen molar-refractivity contribution < 1.29 is 0 Å². The number of aromatic amines is 1. The lowest BCUT2D eigenvalue weighted by Crippen LogP contribution is -2.40. The van der Waals surface area contributed by atoms with Crippen LogP contribution >= 0.6 is 12.2 Å². The van der Waals surface area contributed by atoms with Gasteiger partial charge in [-0.2, -0.15) is 0 Å². The molecule has 0 spiro atoms. The number of hydrogen-bond acceptors (Lipinski definition) is 3. The van der Waals surface area contributed by atoms with Crippen LogP contribution in [0.4, 0.5) is 5.95 Å². The molecule has 1 aliphatic carbocycles. The molecule has 2 aliphatic rings. The van der Waals surface area contributed by atoms with Crippen LogP contribution in [0.1, 0.15) is 58.4 Å². The molecular weight excluding hydrogens is 268 g/mol. The van der Waals surface area contributed by atoms with Crippen molar-refractivity contribution in [2.24, 2.45) is 11.8 Å². The first-order valence-electron chi connectivity index (χ1n) is 8.07. The van der Waals surface area contributed by atoms with E-state index in [2.05, 4.69) is 33.5 Å². The minimum absolute atomic E-state index is 0.553. The fourth-order valence-electron chi connectivity index (χ4n) is 4.01. The molecule has 1 saturated heterocycles. The molecule has 0 bridgehead atoms. The molecule has 1 saturated carbocycles. The van der Waals surface area contributed by atoms with Crippen LogP contribution in [0.5, 0.6) is 0 Å². The molecule has 1 aromatic heterocycles. The van der Waals surface area contributed by atoms with Gasteiger partial charge in [-0.15, -0.1) is 5.10 Å². The van der Waals surface area contributed by atoms with Crippen LogP contribution in [0.25, 0.3) is 0 Å². The van der Waals surface area contributed by atoms with Crippen molar-refractivity contribution in [1.29, 1.82) is 0 Å². The lowest BCUT2D eigenvalue weighted by molar-refractivity contribution is 0.328. The van der Waals surface area contributed by atoms with Gasteiger partial charge in [-0.1, -0.05) is 33.1 Å². The monoisotopic (exact) mass is 294 g/mol. The summed E-state index contributed by atoms with van der Waals surface area (Å²) in [5.74, 6) is 2.56. The lowest BCUT2D eigenvalue weighted by atomic mass is 9.92. The predicted molar refractivity (Wildman–Crippen MR) is 84.7 cm³/mol. The maximum atomic E-state index is 5.50. The summed E-state index contributed by atoms with van der Waals surface area (Å²) < 4.78 is 3.11. The molecule has 112 valence electrons. The second-order valence-electron chi connectivity index (χ2n) is 6.84. The normalized spacial score (nSPS) is 28.8. The topological polar surface area (TPSA) is 36.9 Å². The van der Waals surface area contributed by atoms with Crippen molar-refractivity contribution in [1.82, 2.24) is 14.8 Å². The van der Waals surface area contributed by atoms with E-state index in [-0.39, 0.29) is 0 Å². The lowest BCUT2D eigenvalue weighted by Gasteiger charge is -2.36. The molecule has 2 atom stereocenters. The summed E-state index contributed by atoms with van der Waals surface area (Å²) in [5.41, 5.74) is 0. The zero-order chi connectivity index (χ0) is 14.1. The first kappa shape index (κ1) is 14.1. The van der Waals surface area contributed by atoms with Gasteiger partial charge >= 0.3 is 0 Å². The molecule has 2 heterocycles. The molecule has 1 aliphatic heterocycles. The standard InChI is InChI=1S/C15H26N4S/c1-11-8-12(2)10-18(9-11)14-16-17-15(20)19(14)13-6-4-3-5-7-13/h11-13H,3-10H2,1-2H3,(H,17,20). The number of rotatable bonds is 2. The average Bonchev–Trinajstić information content (AvgIpc) is 2.80. The molecule has 1 N–H and O–H groups in total. The van der Waals surface area contributed by atoms with Crippen LogP contribution < -0.4 is 4.90 Å². The van der Waals surface area contributed by atoms with E-state index < -0.39 is 0 Å². The molecule has 2 fully saturated rings. The van der Waals surface area contributed by atoms with Crippen LogP contribution in [0, 0.1) is 16.6 Å². The van der Waals surface area contributed by atoms with Crippen molar-refractivity contribution in [3.8, 4) is 0 Å². The zero-order valence-electron chi connectivity index (χ0n) is 12.6. The number of anilines is 1. The van der Waals surface area contributed by atoms with Gasteiger partial charge in [0.1, 0.15) is 0 Å². The zero-order valence-corrected chi connectivity index (χ0v) is 13.5. The highest BCUT2D eigenvalue weighted by molar-refractivity contribution is 7.71. The van der Waals surface area contributed by atoms with Crippen molar-refractivity contribution in [3.05, 3.63) is 4.77 Å². The first-order valence-corrected chi connectivity index (χ1v) is 8.48. The molecule has 4 nitrogen and oxygen atoms in total. The minimum Gasteiger partial charge on any atom is -0.340 e. The van der Waals surface area contributed by atoms with E-state index in [1.54, 1.807) is 0 Å². The van der Waals surface area contributed by atoms with Crippen LogP contribution in [0.2, 0.25) is 0 Å². The van der Waals surface area contributed by atoms with E-state index in [0.717, 1.165) is 35.6 Å². The van der Waals surface area contributed by atoms with Crippen LogP contribution in [0.3, 0.4) is 0 Å². The first-order chi connectivity index (χ1) is 9.65.